The van der Waals surface area contributed by atoms with E-state index in [0.29, 0.717) is 3.57 Å². The van der Waals surface area contributed by atoms with Gasteiger partial charge in [0.25, 0.3) is 0 Å². The van der Waals surface area contributed by atoms with Crippen molar-refractivity contribution < 1.29 is 13.2 Å². The molecule has 0 atom stereocenters. The van der Waals surface area contributed by atoms with Crippen LogP contribution in [-0.2, 0) is 0 Å². The molecule has 0 amide bonds. The third kappa shape index (κ3) is 3.13. The van der Waals surface area contributed by atoms with Gasteiger partial charge in [0.15, 0.2) is 0 Å². The van der Waals surface area contributed by atoms with Crippen molar-refractivity contribution in [2.75, 3.05) is 0 Å². The van der Waals surface area contributed by atoms with E-state index in [0.717, 1.165) is 0 Å². The number of benzene rings is 1. The molecule has 1 rings (SSSR count). The normalized spacial score (nSPS) is 13.1. The van der Waals surface area contributed by atoms with E-state index in [9.17, 15) is 13.2 Å². The molecule has 0 saturated carbocycles. The summed E-state index contributed by atoms with van der Waals surface area (Å²) in [5, 5.41) is -1.36. The highest BCUT2D eigenvalue weighted by Gasteiger charge is 2.34. The average molecular weight is 333 g/mol. The fourth-order valence-electron chi connectivity index (χ4n) is 0.712. The average Bonchev–Trinajstić information content (AvgIpc) is 2.07. The van der Waals surface area contributed by atoms with Crippen LogP contribution in [0.5, 0.6) is 0 Å². The van der Waals surface area contributed by atoms with Crippen LogP contribution in [0.15, 0.2) is 29.3 Å². The van der Waals surface area contributed by atoms with Crippen molar-refractivity contribution in [3.05, 3.63) is 27.8 Å². The monoisotopic (exact) mass is 333 g/mol. The first-order chi connectivity index (χ1) is 6.41. The SMILES string of the molecule is FC(F)(F)/C(Cl)=N\c1ccccc1I. The number of hydrogen-bond acceptors (Lipinski definition) is 1. The first kappa shape index (κ1) is 11.8. The molecule has 0 bridgehead atoms. The Hall–Kier alpha value is -0.300. The minimum atomic E-state index is -4.58. The van der Waals surface area contributed by atoms with Gasteiger partial charge in [-0.3, -0.25) is 0 Å². The number of aliphatic imine (C=N–C) groups is 1. The summed E-state index contributed by atoms with van der Waals surface area (Å²) < 4.78 is 36.6. The van der Waals surface area contributed by atoms with Crippen molar-refractivity contribution in [2.24, 2.45) is 4.99 Å². The maximum Gasteiger partial charge on any atom is 0.444 e. The molecule has 0 aromatic heterocycles. The van der Waals surface area contributed by atoms with E-state index in [-0.39, 0.29) is 5.69 Å². The molecule has 6 heteroatoms. The Kier molecular flexibility index (Phi) is 3.77. The number of nitrogens with zero attached hydrogens (tertiary/aromatic N) is 1. The smallest absolute Gasteiger partial charge is 0.231 e. The summed E-state index contributed by atoms with van der Waals surface area (Å²) in [7, 11) is 0. The lowest BCUT2D eigenvalue weighted by atomic mass is 10.3. The number of halogens is 5. The highest BCUT2D eigenvalue weighted by Crippen LogP contribution is 2.26. The Bertz CT molecular complexity index is 362. The standard InChI is InChI=1S/C8H4ClF3IN/c9-7(8(10,11)12)14-6-4-2-1-3-5(6)13/h1-4H/b14-7+. The van der Waals surface area contributed by atoms with E-state index < -0.39 is 11.3 Å². The molecule has 1 aromatic rings. The zero-order valence-corrected chi connectivity index (χ0v) is 9.56. The van der Waals surface area contributed by atoms with Crippen LogP contribution >= 0.6 is 34.2 Å². The van der Waals surface area contributed by atoms with Gasteiger partial charge in [-0.15, -0.1) is 0 Å². The van der Waals surface area contributed by atoms with Crippen LogP contribution in [0.4, 0.5) is 18.9 Å². The van der Waals surface area contributed by atoms with Gasteiger partial charge >= 0.3 is 6.18 Å². The van der Waals surface area contributed by atoms with Crippen LogP contribution in [-0.4, -0.2) is 11.3 Å². The van der Waals surface area contributed by atoms with Crippen LogP contribution in [0.25, 0.3) is 0 Å². The molecule has 0 N–H and O–H groups in total. The van der Waals surface area contributed by atoms with Crippen molar-refractivity contribution in [3.8, 4) is 0 Å². The van der Waals surface area contributed by atoms with E-state index >= 15 is 0 Å². The number of alkyl halides is 3. The molecule has 1 aromatic carbocycles. The molecule has 0 aliphatic rings. The van der Waals surface area contributed by atoms with Crippen molar-refractivity contribution in [1.82, 2.24) is 0 Å². The molecule has 14 heavy (non-hydrogen) atoms. The molecular weight excluding hydrogens is 329 g/mol. The Morgan fingerprint density at radius 1 is 1.29 bits per heavy atom. The molecule has 0 radical (unpaired) electrons. The van der Waals surface area contributed by atoms with Gasteiger partial charge in [-0.05, 0) is 34.7 Å². The second-order valence-electron chi connectivity index (χ2n) is 2.35. The summed E-state index contributed by atoms with van der Waals surface area (Å²) in [6, 6.07) is 6.43. The first-order valence-electron chi connectivity index (χ1n) is 3.47. The fraction of sp³-hybridized carbons (Fsp3) is 0.125. The predicted molar refractivity (Wildman–Crippen MR) is 58.2 cm³/mol. The molecule has 0 saturated heterocycles. The molecule has 0 heterocycles. The van der Waals surface area contributed by atoms with E-state index in [4.69, 9.17) is 11.6 Å². The van der Waals surface area contributed by atoms with Crippen molar-refractivity contribution in [1.29, 1.82) is 0 Å². The lowest BCUT2D eigenvalue weighted by Crippen LogP contribution is -2.16. The molecule has 0 fully saturated rings. The topological polar surface area (TPSA) is 12.4 Å². The number of para-hydroxylation sites is 1. The van der Waals surface area contributed by atoms with E-state index in [1.165, 1.54) is 6.07 Å². The second-order valence-corrected chi connectivity index (χ2v) is 3.87. The Balaban J connectivity index is 3.04. The van der Waals surface area contributed by atoms with E-state index in [1.807, 2.05) is 22.6 Å². The highest BCUT2D eigenvalue weighted by atomic mass is 127. The summed E-state index contributed by atoms with van der Waals surface area (Å²) in [5.41, 5.74) is 0.218. The summed E-state index contributed by atoms with van der Waals surface area (Å²) in [6.07, 6.45) is -4.58. The van der Waals surface area contributed by atoms with Gasteiger partial charge in [-0.2, -0.15) is 13.2 Å². The maximum atomic E-state index is 12.0. The molecule has 0 aliphatic heterocycles. The van der Waals surface area contributed by atoms with Crippen LogP contribution in [0.1, 0.15) is 0 Å². The van der Waals surface area contributed by atoms with Crippen LogP contribution in [0, 0.1) is 3.57 Å². The molecular formula is C8H4ClF3IN. The van der Waals surface area contributed by atoms with Gasteiger partial charge in [0.05, 0.1) is 5.69 Å². The van der Waals surface area contributed by atoms with Gasteiger partial charge in [-0.25, -0.2) is 4.99 Å². The minimum Gasteiger partial charge on any atom is -0.231 e. The van der Waals surface area contributed by atoms with Gasteiger partial charge in [0.1, 0.15) is 0 Å². The minimum absolute atomic E-state index is 0.218. The Morgan fingerprint density at radius 3 is 2.36 bits per heavy atom. The molecule has 0 unspecified atom stereocenters. The molecule has 1 nitrogen and oxygen atoms in total. The first-order valence-corrected chi connectivity index (χ1v) is 4.93. The maximum absolute atomic E-state index is 12.0. The zero-order valence-electron chi connectivity index (χ0n) is 6.65. The van der Waals surface area contributed by atoms with E-state index in [1.54, 1.807) is 18.2 Å². The van der Waals surface area contributed by atoms with Crippen molar-refractivity contribution in [2.45, 2.75) is 6.18 Å². The number of rotatable bonds is 1. The third-order valence-electron chi connectivity index (χ3n) is 1.30. The van der Waals surface area contributed by atoms with Crippen LogP contribution < -0.4 is 0 Å². The molecule has 76 valence electrons. The Labute approximate surface area is 97.1 Å². The van der Waals surface area contributed by atoms with Gasteiger partial charge < -0.3 is 0 Å². The second kappa shape index (κ2) is 4.48. The lowest BCUT2D eigenvalue weighted by molar-refractivity contribution is -0.0558. The van der Waals surface area contributed by atoms with Gasteiger partial charge in [0, 0.05) is 3.57 Å². The van der Waals surface area contributed by atoms with Crippen LogP contribution in [0.3, 0.4) is 0 Å². The zero-order chi connectivity index (χ0) is 10.8. The Morgan fingerprint density at radius 2 is 1.86 bits per heavy atom. The predicted octanol–water partition coefficient (Wildman–Crippen LogP) is 4.12. The summed E-state index contributed by atoms with van der Waals surface area (Å²) in [5.74, 6) is 0. The summed E-state index contributed by atoms with van der Waals surface area (Å²) in [6.45, 7) is 0. The summed E-state index contributed by atoms with van der Waals surface area (Å²) in [4.78, 5) is 3.28. The quantitative estimate of drug-likeness (QED) is 0.541. The summed E-state index contributed by atoms with van der Waals surface area (Å²) >= 11 is 6.87. The van der Waals surface area contributed by atoms with Gasteiger partial charge in [0.2, 0.25) is 5.17 Å². The highest BCUT2D eigenvalue weighted by molar-refractivity contribution is 14.1. The van der Waals surface area contributed by atoms with E-state index in [2.05, 4.69) is 4.99 Å². The molecule has 0 spiro atoms. The van der Waals surface area contributed by atoms with Gasteiger partial charge in [-0.1, -0.05) is 23.7 Å². The third-order valence-corrected chi connectivity index (χ3v) is 2.52. The fourth-order valence-corrected chi connectivity index (χ4v) is 1.31. The van der Waals surface area contributed by atoms with Crippen molar-refractivity contribution in [3.63, 3.8) is 0 Å². The lowest BCUT2D eigenvalue weighted by Gasteiger charge is -2.03. The van der Waals surface area contributed by atoms with Crippen LogP contribution in [0.2, 0.25) is 0 Å². The number of hydrogen-bond donors (Lipinski definition) is 0. The largest absolute Gasteiger partial charge is 0.444 e. The van der Waals surface area contributed by atoms with Crippen molar-refractivity contribution >= 4 is 45.1 Å². The molecule has 0 aliphatic carbocycles.